The van der Waals surface area contributed by atoms with E-state index in [4.69, 9.17) is 5.73 Å². The number of nitrogens with two attached hydrogens (primary N) is 1. The zero-order valence-corrected chi connectivity index (χ0v) is 10.4. The third-order valence-corrected chi connectivity index (χ3v) is 2.38. The number of nitrogens with one attached hydrogen (secondary N) is 2. The van der Waals surface area contributed by atoms with Gasteiger partial charge in [0.25, 0.3) is 0 Å². The number of H-pyrrole nitrogens is 1. The van der Waals surface area contributed by atoms with Gasteiger partial charge in [0, 0.05) is 18.5 Å². The first-order valence-electron chi connectivity index (χ1n) is 5.66. The molecule has 6 heteroatoms. The van der Waals surface area contributed by atoms with Gasteiger partial charge in [-0.05, 0) is 20.8 Å². The van der Waals surface area contributed by atoms with Crippen LogP contribution in [-0.2, 0) is 6.42 Å². The first-order chi connectivity index (χ1) is 7.96. The maximum atomic E-state index is 5.73. The second-order valence-electron chi connectivity index (χ2n) is 5.07. The van der Waals surface area contributed by atoms with Gasteiger partial charge in [-0.1, -0.05) is 0 Å². The Bertz CT molecular complexity index is 510. The molecule has 17 heavy (non-hydrogen) atoms. The zero-order chi connectivity index (χ0) is 12.5. The van der Waals surface area contributed by atoms with E-state index in [0.717, 1.165) is 24.3 Å². The van der Waals surface area contributed by atoms with Gasteiger partial charge in [0.05, 0.1) is 0 Å². The molecule has 4 N–H and O–H groups in total. The molecular formula is C11H18N6. The van der Waals surface area contributed by atoms with Crippen molar-refractivity contribution >= 4 is 17.0 Å². The quantitative estimate of drug-likeness (QED) is 0.732. The Hall–Kier alpha value is -1.69. The number of aromatic amines is 1. The minimum Gasteiger partial charge on any atom is -0.382 e. The van der Waals surface area contributed by atoms with E-state index in [1.54, 1.807) is 0 Å². The molecule has 0 aliphatic carbocycles. The van der Waals surface area contributed by atoms with Crippen LogP contribution in [0.1, 0.15) is 26.6 Å². The highest BCUT2D eigenvalue weighted by Gasteiger charge is 2.10. The maximum Gasteiger partial charge on any atom is 0.183 e. The lowest BCUT2D eigenvalue weighted by molar-refractivity contribution is 0.428. The summed E-state index contributed by atoms with van der Waals surface area (Å²) in [6.07, 6.45) is 2.24. The summed E-state index contributed by atoms with van der Waals surface area (Å²) < 4.78 is 0. The molecule has 0 aliphatic heterocycles. The Morgan fingerprint density at radius 2 is 2.12 bits per heavy atom. The first-order valence-corrected chi connectivity index (χ1v) is 5.66. The van der Waals surface area contributed by atoms with Gasteiger partial charge < -0.3 is 16.0 Å². The topological polar surface area (TPSA) is 92.5 Å². The van der Waals surface area contributed by atoms with Crippen molar-refractivity contribution in [3.8, 4) is 0 Å². The average molecular weight is 234 g/mol. The zero-order valence-electron chi connectivity index (χ0n) is 10.4. The Balaban J connectivity index is 2.07. The van der Waals surface area contributed by atoms with Crippen LogP contribution in [0.15, 0.2) is 6.33 Å². The van der Waals surface area contributed by atoms with Gasteiger partial charge in [-0.2, -0.15) is 0 Å². The SMILES string of the molecule is CC(C)(C)NCCc1nc2ncnc(N)c2[nH]1. The summed E-state index contributed by atoms with van der Waals surface area (Å²) in [5.74, 6) is 1.32. The van der Waals surface area contributed by atoms with Crippen LogP contribution in [0.2, 0.25) is 0 Å². The fraction of sp³-hybridized carbons (Fsp3) is 0.545. The second kappa shape index (κ2) is 4.29. The van der Waals surface area contributed by atoms with Crippen molar-refractivity contribution in [1.29, 1.82) is 0 Å². The van der Waals surface area contributed by atoms with Crippen molar-refractivity contribution in [3.63, 3.8) is 0 Å². The molecule has 2 rings (SSSR count). The van der Waals surface area contributed by atoms with E-state index >= 15 is 0 Å². The van der Waals surface area contributed by atoms with Gasteiger partial charge in [0.1, 0.15) is 17.7 Å². The molecule has 0 amide bonds. The van der Waals surface area contributed by atoms with Crippen LogP contribution in [0.5, 0.6) is 0 Å². The number of hydrogen-bond donors (Lipinski definition) is 3. The van der Waals surface area contributed by atoms with E-state index in [1.165, 1.54) is 6.33 Å². The van der Waals surface area contributed by atoms with Crippen LogP contribution in [0.3, 0.4) is 0 Å². The molecule has 6 nitrogen and oxygen atoms in total. The lowest BCUT2D eigenvalue weighted by Crippen LogP contribution is -2.37. The van der Waals surface area contributed by atoms with Gasteiger partial charge in [-0.15, -0.1) is 0 Å². The Morgan fingerprint density at radius 1 is 1.35 bits per heavy atom. The number of hydrogen-bond acceptors (Lipinski definition) is 5. The van der Waals surface area contributed by atoms with E-state index in [9.17, 15) is 0 Å². The molecule has 92 valence electrons. The predicted octanol–water partition coefficient (Wildman–Crippen LogP) is 0.866. The fourth-order valence-electron chi connectivity index (χ4n) is 1.57. The third kappa shape index (κ3) is 2.91. The lowest BCUT2D eigenvalue weighted by atomic mass is 10.1. The molecule has 2 aromatic heterocycles. The second-order valence-corrected chi connectivity index (χ2v) is 5.07. The summed E-state index contributed by atoms with van der Waals surface area (Å²) >= 11 is 0. The van der Waals surface area contributed by atoms with Gasteiger partial charge in [-0.25, -0.2) is 15.0 Å². The normalized spacial score (nSPS) is 12.2. The first kappa shape index (κ1) is 11.8. The van der Waals surface area contributed by atoms with Gasteiger partial charge in [0.2, 0.25) is 0 Å². The summed E-state index contributed by atoms with van der Waals surface area (Å²) in [7, 11) is 0. The van der Waals surface area contributed by atoms with Crippen LogP contribution < -0.4 is 11.1 Å². The molecule has 0 unspecified atom stereocenters. The van der Waals surface area contributed by atoms with Crippen LogP contribution in [0.25, 0.3) is 11.2 Å². The van der Waals surface area contributed by atoms with E-state index in [1.807, 2.05) is 0 Å². The molecule has 2 aromatic rings. The summed E-state index contributed by atoms with van der Waals surface area (Å²) in [6.45, 7) is 7.26. The summed E-state index contributed by atoms with van der Waals surface area (Å²) in [4.78, 5) is 15.5. The number of imidazole rings is 1. The number of anilines is 1. The molecular weight excluding hydrogens is 216 g/mol. The van der Waals surface area contributed by atoms with Gasteiger partial charge >= 0.3 is 0 Å². The number of aromatic nitrogens is 4. The predicted molar refractivity (Wildman–Crippen MR) is 67.6 cm³/mol. The van der Waals surface area contributed by atoms with Crippen molar-refractivity contribution in [2.45, 2.75) is 32.7 Å². The molecule has 0 aliphatic rings. The summed E-state index contributed by atoms with van der Waals surface area (Å²) in [6, 6.07) is 0. The number of fused-ring (bicyclic) bond motifs is 1. The molecule has 0 bridgehead atoms. The average Bonchev–Trinajstić information content (AvgIpc) is 2.60. The molecule has 0 atom stereocenters. The highest BCUT2D eigenvalue weighted by Crippen LogP contribution is 2.13. The van der Waals surface area contributed by atoms with Crippen molar-refractivity contribution in [2.24, 2.45) is 0 Å². The lowest BCUT2D eigenvalue weighted by Gasteiger charge is -2.19. The number of nitrogen functional groups attached to an aromatic ring is 1. The Morgan fingerprint density at radius 3 is 2.76 bits per heavy atom. The Kier molecular flexibility index (Phi) is 2.97. The smallest absolute Gasteiger partial charge is 0.183 e. The van der Waals surface area contributed by atoms with Crippen molar-refractivity contribution in [3.05, 3.63) is 12.2 Å². The summed E-state index contributed by atoms with van der Waals surface area (Å²) in [5.41, 5.74) is 7.19. The van der Waals surface area contributed by atoms with E-state index in [2.05, 4.69) is 46.0 Å². The van der Waals surface area contributed by atoms with Crippen molar-refractivity contribution < 1.29 is 0 Å². The van der Waals surface area contributed by atoms with E-state index in [-0.39, 0.29) is 5.54 Å². The van der Waals surface area contributed by atoms with Crippen LogP contribution in [0.4, 0.5) is 5.82 Å². The van der Waals surface area contributed by atoms with E-state index in [0.29, 0.717) is 11.5 Å². The monoisotopic (exact) mass is 234 g/mol. The largest absolute Gasteiger partial charge is 0.382 e. The maximum absolute atomic E-state index is 5.73. The van der Waals surface area contributed by atoms with E-state index < -0.39 is 0 Å². The van der Waals surface area contributed by atoms with Gasteiger partial charge in [-0.3, -0.25) is 0 Å². The molecule has 0 radical (unpaired) electrons. The number of rotatable bonds is 3. The van der Waals surface area contributed by atoms with Gasteiger partial charge in [0.15, 0.2) is 11.5 Å². The third-order valence-electron chi connectivity index (χ3n) is 2.38. The number of nitrogens with zero attached hydrogens (tertiary/aromatic N) is 3. The van der Waals surface area contributed by atoms with Crippen molar-refractivity contribution in [1.82, 2.24) is 25.3 Å². The Labute approximate surface area is 100 Å². The molecule has 0 saturated carbocycles. The fourth-order valence-corrected chi connectivity index (χ4v) is 1.57. The summed E-state index contributed by atoms with van der Waals surface area (Å²) in [5, 5.41) is 3.40. The van der Waals surface area contributed by atoms with Crippen LogP contribution in [0, 0.1) is 0 Å². The minimum absolute atomic E-state index is 0.116. The molecule has 0 saturated heterocycles. The van der Waals surface area contributed by atoms with Crippen LogP contribution >= 0.6 is 0 Å². The molecule has 2 heterocycles. The molecule has 0 spiro atoms. The highest BCUT2D eigenvalue weighted by molar-refractivity contribution is 5.80. The van der Waals surface area contributed by atoms with Crippen LogP contribution in [-0.4, -0.2) is 32.0 Å². The van der Waals surface area contributed by atoms with Crippen molar-refractivity contribution in [2.75, 3.05) is 12.3 Å². The molecule has 0 fully saturated rings. The highest BCUT2D eigenvalue weighted by atomic mass is 15.1. The molecule has 0 aromatic carbocycles. The minimum atomic E-state index is 0.116. The standard InChI is InChI=1S/C11H18N6/c1-11(2,3)15-5-4-7-16-8-9(12)13-6-14-10(8)17-7/h6,15H,4-5H2,1-3H3,(H3,12,13,14,16,17).